The highest BCUT2D eigenvalue weighted by Gasteiger charge is 2.12. The van der Waals surface area contributed by atoms with Crippen molar-refractivity contribution in [3.63, 3.8) is 0 Å². The van der Waals surface area contributed by atoms with Crippen molar-refractivity contribution in [1.29, 1.82) is 5.26 Å². The van der Waals surface area contributed by atoms with Crippen LogP contribution in [0.25, 0.3) is 0 Å². The third kappa shape index (κ3) is 4.32. The van der Waals surface area contributed by atoms with E-state index in [0.29, 0.717) is 28.6 Å². The van der Waals surface area contributed by atoms with Gasteiger partial charge in [-0.15, -0.1) is 0 Å². The molecule has 0 aliphatic carbocycles. The van der Waals surface area contributed by atoms with Gasteiger partial charge in [0.25, 0.3) is 0 Å². The number of carboxylic acids is 1. The van der Waals surface area contributed by atoms with Crippen molar-refractivity contribution < 1.29 is 9.90 Å². The lowest BCUT2D eigenvalue weighted by molar-refractivity contribution is 0.0697. The first-order valence-electron chi connectivity index (χ1n) is 7.87. The lowest BCUT2D eigenvalue weighted by atomic mass is 10.1. The van der Waals surface area contributed by atoms with E-state index in [0.717, 1.165) is 5.69 Å². The fraction of sp³-hybridized carbons (Fsp3) is 0.0526. The quantitative estimate of drug-likeness (QED) is 0.598. The lowest BCUT2D eigenvalue weighted by Gasteiger charge is -2.13. The maximum atomic E-state index is 11.1. The number of benzene rings is 2. The summed E-state index contributed by atoms with van der Waals surface area (Å²) in [5.74, 6) is -0.183. The molecule has 0 radical (unpaired) electrons. The number of nitriles is 1. The molecule has 0 amide bonds. The van der Waals surface area contributed by atoms with Crippen LogP contribution >= 0.6 is 11.6 Å². The van der Waals surface area contributed by atoms with Gasteiger partial charge in [-0.1, -0.05) is 11.6 Å². The minimum atomic E-state index is -1.04. The van der Waals surface area contributed by atoms with Gasteiger partial charge in [-0.2, -0.15) is 10.2 Å². The molecule has 0 aliphatic heterocycles. The molecule has 3 rings (SSSR count). The third-order valence-electron chi connectivity index (χ3n) is 3.71. The molecule has 8 heteroatoms. The molecule has 0 aliphatic rings. The molecule has 7 nitrogen and oxygen atoms in total. The van der Waals surface area contributed by atoms with Crippen LogP contribution in [0.4, 0.5) is 23.1 Å². The zero-order valence-electron chi connectivity index (χ0n) is 14.2. The van der Waals surface area contributed by atoms with Crippen LogP contribution in [0.2, 0.25) is 5.02 Å². The summed E-state index contributed by atoms with van der Waals surface area (Å²) in [6.07, 6.45) is 1.58. The summed E-state index contributed by atoms with van der Waals surface area (Å²) >= 11 is 6.22. The minimum absolute atomic E-state index is 0.119. The van der Waals surface area contributed by atoms with Gasteiger partial charge in [0, 0.05) is 11.9 Å². The van der Waals surface area contributed by atoms with Crippen molar-refractivity contribution in [2.75, 3.05) is 10.6 Å². The molecule has 2 aromatic carbocycles. The van der Waals surface area contributed by atoms with Crippen LogP contribution in [0.5, 0.6) is 0 Å². The number of carboxylic acid groups (broad SMARTS) is 1. The van der Waals surface area contributed by atoms with Gasteiger partial charge in [0.15, 0.2) is 0 Å². The molecule has 0 spiro atoms. The minimum Gasteiger partial charge on any atom is -0.478 e. The second-order valence-electron chi connectivity index (χ2n) is 5.66. The van der Waals surface area contributed by atoms with Crippen LogP contribution in [-0.4, -0.2) is 21.0 Å². The topological polar surface area (TPSA) is 111 Å². The number of aromatic nitrogens is 2. The Morgan fingerprint density at radius 2 is 1.93 bits per heavy atom. The van der Waals surface area contributed by atoms with Gasteiger partial charge in [0.1, 0.15) is 5.82 Å². The lowest BCUT2D eigenvalue weighted by Crippen LogP contribution is -2.03. The van der Waals surface area contributed by atoms with E-state index in [1.807, 2.05) is 0 Å². The van der Waals surface area contributed by atoms with E-state index in [1.165, 1.54) is 12.1 Å². The molecule has 3 aromatic rings. The summed E-state index contributed by atoms with van der Waals surface area (Å²) in [6.45, 7) is 1.76. The average Bonchev–Trinajstić information content (AvgIpc) is 2.65. The second kappa shape index (κ2) is 7.72. The molecular formula is C19H14ClN5O2. The number of rotatable bonds is 5. The third-order valence-corrected chi connectivity index (χ3v) is 4.01. The normalized spacial score (nSPS) is 10.1. The van der Waals surface area contributed by atoms with Gasteiger partial charge < -0.3 is 15.7 Å². The van der Waals surface area contributed by atoms with Crippen molar-refractivity contribution in [3.8, 4) is 6.07 Å². The number of aromatic carboxylic acids is 1. The van der Waals surface area contributed by atoms with Crippen molar-refractivity contribution in [2.45, 2.75) is 6.92 Å². The molecule has 0 atom stereocenters. The number of anilines is 4. The summed E-state index contributed by atoms with van der Waals surface area (Å²) in [4.78, 5) is 19.6. The van der Waals surface area contributed by atoms with Crippen LogP contribution in [0.3, 0.4) is 0 Å². The molecular weight excluding hydrogens is 366 g/mol. The predicted molar refractivity (Wildman–Crippen MR) is 103 cm³/mol. The van der Waals surface area contributed by atoms with Crippen molar-refractivity contribution >= 4 is 40.7 Å². The van der Waals surface area contributed by atoms with Crippen LogP contribution in [-0.2, 0) is 0 Å². The zero-order chi connectivity index (χ0) is 19.4. The van der Waals surface area contributed by atoms with Crippen LogP contribution in [0.1, 0.15) is 21.5 Å². The van der Waals surface area contributed by atoms with Gasteiger partial charge in [0.2, 0.25) is 5.95 Å². The molecule has 0 fully saturated rings. The number of halogens is 1. The molecule has 27 heavy (non-hydrogen) atoms. The molecule has 3 N–H and O–H groups in total. The molecule has 134 valence electrons. The first kappa shape index (κ1) is 18.2. The molecule has 0 saturated carbocycles. The van der Waals surface area contributed by atoms with E-state index in [-0.39, 0.29) is 10.6 Å². The highest BCUT2D eigenvalue weighted by Crippen LogP contribution is 2.30. The monoisotopic (exact) mass is 379 g/mol. The maximum Gasteiger partial charge on any atom is 0.335 e. The van der Waals surface area contributed by atoms with E-state index < -0.39 is 5.97 Å². The Morgan fingerprint density at radius 1 is 1.19 bits per heavy atom. The largest absolute Gasteiger partial charge is 0.478 e. The number of hydrogen-bond acceptors (Lipinski definition) is 6. The fourth-order valence-electron chi connectivity index (χ4n) is 2.40. The van der Waals surface area contributed by atoms with E-state index >= 15 is 0 Å². The van der Waals surface area contributed by atoms with Crippen LogP contribution < -0.4 is 10.6 Å². The number of nitrogens with zero attached hydrogens (tertiary/aromatic N) is 3. The first-order chi connectivity index (χ1) is 13.0. The summed E-state index contributed by atoms with van der Waals surface area (Å²) in [7, 11) is 0. The average molecular weight is 380 g/mol. The molecule has 1 heterocycles. The SMILES string of the molecule is Cc1cc(C(=O)O)cc(Cl)c1Nc1ccnc(Nc2ccc(C#N)cc2)n1. The predicted octanol–water partition coefficient (Wildman–Crippen LogP) is 4.50. The van der Waals surface area contributed by atoms with E-state index in [1.54, 1.807) is 43.5 Å². The number of hydrogen-bond donors (Lipinski definition) is 3. The van der Waals surface area contributed by atoms with Crippen molar-refractivity contribution in [2.24, 2.45) is 0 Å². The number of aryl methyl sites for hydroxylation is 1. The summed E-state index contributed by atoms with van der Waals surface area (Å²) < 4.78 is 0. The van der Waals surface area contributed by atoms with Crippen molar-refractivity contribution in [1.82, 2.24) is 9.97 Å². The van der Waals surface area contributed by atoms with Gasteiger partial charge in [-0.05, 0) is 55.0 Å². The van der Waals surface area contributed by atoms with Crippen LogP contribution in [0, 0.1) is 18.3 Å². The van der Waals surface area contributed by atoms with Gasteiger partial charge in [0.05, 0.1) is 27.9 Å². The summed E-state index contributed by atoms with van der Waals surface area (Å²) in [6, 6.07) is 13.5. The summed E-state index contributed by atoms with van der Waals surface area (Å²) in [5, 5.41) is 24.4. The number of carbonyl (C=O) groups is 1. The van der Waals surface area contributed by atoms with Gasteiger partial charge in [-0.25, -0.2) is 9.78 Å². The van der Waals surface area contributed by atoms with Crippen molar-refractivity contribution in [3.05, 3.63) is 70.4 Å². The highest BCUT2D eigenvalue weighted by atomic mass is 35.5. The Bertz CT molecular complexity index is 1020. The second-order valence-corrected chi connectivity index (χ2v) is 6.07. The van der Waals surface area contributed by atoms with Gasteiger partial charge >= 0.3 is 5.97 Å². The molecule has 1 aromatic heterocycles. The Kier molecular flexibility index (Phi) is 5.20. The molecule has 0 unspecified atom stereocenters. The zero-order valence-corrected chi connectivity index (χ0v) is 14.9. The Hall–Kier alpha value is -3.63. The fourth-order valence-corrected chi connectivity index (χ4v) is 2.71. The standard InChI is InChI=1S/C19H14ClN5O2/c1-11-8-13(18(26)27)9-15(20)17(11)24-16-6-7-22-19(25-16)23-14-4-2-12(10-21)3-5-14/h2-9H,1H3,(H,26,27)(H2,22,23,24,25). The van der Waals surface area contributed by atoms with Gasteiger partial charge in [-0.3, -0.25) is 0 Å². The first-order valence-corrected chi connectivity index (χ1v) is 8.25. The van der Waals surface area contributed by atoms with Crippen LogP contribution in [0.15, 0.2) is 48.7 Å². The molecule has 0 bridgehead atoms. The van der Waals surface area contributed by atoms with E-state index in [2.05, 4.69) is 26.7 Å². The smallest absolute Gasteiger partial charge is 0.335 e. The Morgan fingerprint density at radius 3 is 2.56 bits per heavy atom. The van der Waals surface area contributed by atoms with E-state index in [4.69, 9.17) is 22.0 Å². The molecule has 0 saturated heterocycles. The summed E-state index contributed by atoms with van der Waals surface area (Å²) in [5.41, 5.74) is 2.68. The van der Waals surface area contributed by atoms with E-state index in [9.17, 15) is 4.79 Å². The number of nitrogens with one attached hydrogen (secondary N) is 2. The Balaban J connectivity index is 1.82. The maximum absolute atomic E-state index is 11.1. The Labute approximate surface area is 160 Å². The highest BCUT2D eigenvalue weighted by molar-refractivity contribution is 6.33.